The highest BCUT2D eigenvalue weighted by Gasteiger charge is 2.27. The molecule has 0 saturated carbocycles. The third-order valence-corrected chi connectivity index (χ3v) is 5.25. The van der Waals surface area contributed by atoms with Gasteiger partial charge in [-0.1, -0.05) is 0 Å². The summed E-state index contributed by atoms with van der Waals surface area (Å²) < 4.78 is 10.9. The van der Waals surface area contributed by atoms with Gasteiger partial charge in [0, 0.05) is 18.2 Å². The molecule has 0 aliphatic carbocycles. The van der Waals surface area contributed by atoms with E-state index in [2.05, 4.69) is 26.7 Å². The zero-order chi connectivity index (χ0) is 16.4. The average Bonchev–Trinajstić information content (AvgIpc) is 3.37. The molecule has 3 aromatic rings. The molecule has 0 spiro atoms. The van der Waals surface area contributed by atoms with Crippen molar-refractivity contribution in [2.75, 3.05) is 13.7 Å². The van der Waals surface area contributed by atoms with Crippen LogP contribution in [0.4, 0.5) is 0 Å². The number of likely N-dealkylation sites (tertiary alicyclic amines) is 1. The predicted octanol–water partition coefficient (Wildman–Crippen LogP) is 4.75. The van der Waals surface area contributed by atoms with Crippen molar-refractivity contribution < 1.29 is 9.15 Å². The largest absolute Gasteiger partial charge is 0.497 e. The Morgan fingerprint density at radius 3 is 2.92 bits per heavy atom. The maximum atomic E-state index is 5.68. The third-order valence-electron chi connectivity index (χ3n) is 4.55. The van der Waals surface area contributed by atoms with Crippen molar-refractivity contribution in [2.45, 2.75) is 25.4 Å². The first-order valence-electron chi connectivity index (χ1n) is 8.18. The second-order valence-corrected chi connectivity index (χ2v) is 6.84. The minimum Gasteiger partial charge on any atom is -0.497 e. The van der Waals surface area contributed by atoms with Crippen LogP contribution < -0.4 is 4.74 Å². The molecule has 0 N–H and O–H groups in total. The molecule has 1 aliphatic rings. The van der Waals surface area contributed by atoms with Gasteiger partial charge in [0.2, 0.25) is 5.89 Å². The number of methoxy groups -OCH3 is 1. The molecule has 5 heteroatoms. The van der Waals surface area contributed by atoms with Crippen LogP contribution >= 0.6 is 11.3 Å². The molecule has 1 atom stereocenters. The predicted molar refractivity (Wildman–Crippen MR) is 95.2 cm³/mol. The summed E-state index contributed by atoms with van der Waals surface area (Å²) in [5.74, 6) is 1.50. The first-order chi connectivity index (χ1) is 11.8. The summed E-state index contributed by atoms with van der Waals surface area (Å²) in [6.45, 7) is 1.95. The highest BCUT2D eigenvalue weighted by Crippen LogP contribution is 2.34. The minimum absolute atomic E-state index is 0.511. The number of benzene rings is 1. The fourth-order valence-corrected chi connectivity index (χ4v) is 4.02. The van der Waals surface area contributed by atoms with Gasteiger partial charge < -0.3 is 9.15 Å². The Balaban J connectivity index is 1.48. The number of ether oxygens (including phenoxy) is 1. The Labute approximate surface area is 145 Å². The van der Waals surface area contributed by atoms with Gasteiger partial charge in [0.15, 0.2) is 0 Å². The van der Waals surface area contributed by atoms with Gasteiger partial charge in [-0.3, -0.25) is 4.90 Å². The smallest absolute Gasteiger partial charge is 0.226 e. The van der Waals surface area contributed by atoms with Gasteiger partial charge in [0.05, 0.1) is 12.8 Å². The molecule has 4 nitrogen and oxygen atoms in total. The maximum absolute atomic E-state index is 5.68. The van der Waals surface area contributed by atoms with E-state index in [1.54, 1.807) is 24.7 Å². The summed E-state index contributed by atoms with van der Waals surface area (Å²) in [5.41, 5.74) is 3.39. The van der Waals surface area contributed by atoms with Crippen LogP contribution in [0.15, 0.2) is 51.8 Å². The van der Waals surface area contributed by atoms with E-state index in [0.29, 0.717) is 11.9 Å². The topological polar surface area (TPSA) is 38.5 Å². The quantitative estimate of drug-likeness (QED) is 0.672. The molecule has 24 heavy (non-hydrogen) atoms. The number of nitrogens with zero attached hydrogens (tertiary/aromatic N) is 2. The highest BCUT2D eigenvalue weighted by molar-refractivity contribution is 7.07. The number of rotatable bonds is 5. The third kappa shape index (κ3) is 3.09. The number of hydrogen-bond donors (Lipinski definition) is 0. The summed E-state index contributed by atoms with van der Waals surface area (Å²) in [6.07, 6.45) is 4.24. The number of thiophene rings is 1. The summed E-state index contributed by atoms with van der Waals surface area (Å²) in [7, 11) is 1.66. The fourth-order valence-electron chi connectivity index (χ4n) is 3.31. The highest BCUT2D eigenvalue weighted by atomic mass is 32.1. The van der Waals surface area contributed by atoms with Gasteiger partial charge in [0.25, 0.3) is 0 Å². The van der Waals surface area contributed by atoms with E-state index in [1.165, 1.54) is 18.4 Å². The van der Waals surface area contributed by atoms with E-state index in [4.69, 9.17) is 9.15 Å². The van der Waals surface area contributed by atoms with E-state index in [0.717, 1.165) is 30.1 Å². The Bertz CT molecular complexity index is 780. The molecule has 2 aromatic heterocycles. The van der Waals surface area contributed by atoms with Crippen LogP contribution in [0.1, 0.15) is 30.1 Å². The van der Waals surface area contributed by atoms with Gasteiger partial charge in [0.1, 0.15) is 12.0 Å². The second kappa shape index (κ2) is 6.79. The number of aromatic nitrogens is 1. The summed E-state index contributed by atoms with van der Waals surface area (Å²) in [4.78, 5) is 7.17. The lowest BCUT2D eigenvalue weighted by Gasteiger charge is -2.22. The lowest BCUT2D eigenvalue weighted by Crippen LogP contribution is -2.22. The lowest BCUT2D eigenvalue weighted by molar-refractivity contribution is 0.246. The monoisotopic (exact) mass is 340 g/mol. The van der Waals surface area contributed by atoms with Crippen molar-refractivity contribution in [1.82, 2.24) is 9.88 Å². The molecular formula is C19H20N2O2S. The zero-order valence-electron chi connectivity index (χ0n) is 13.6. The maximum Gasteiger partial charge on any atom is 0.226 e. The summed E-state index contributed by atoms with van der Waals surface area (Å²) in [5, 5.41) is 4.41. The Morgan fingerprint density at radius 1 is 1.29 bits per heavy atom. The molecule has 0 bridgehead atoms. The van der Waals surface area contributed by atoms with Crippen LogP contribution in [-0.2, 0) is 6.54 Å². The molecule has 0 radical (unpaired) electrons. The molecule has 124 valence electrons. The Hall–Kier alpha value is -2.11. The van der Waals surface area contributed by atoms with E-state index >= 15 is 0 Å². The fraction of sp³-hybridized carbons (Fsp3) is 0.316. The standard InChI is InChI=1S/C19H20N2O2S/c1-22-17-6-4-14(5-7-17)19-20-16(12-23-19)11-21-9-2-3-18(21)15-8-10-24-13-15/h4-8,10,12-13,18H,2-3,9,11H2,1H3/t18-/m0/s1. The van der Waals surface area contributed by atoms with Gasteiger partial charge in [-0.15, -0.1) is 0 Å². The zero-order valence-corrected chi connectivity index (χ0v) is 14.5. The van der Waals surface area contributed by atoms with E-state index in [1.807, 2.05) is 24.3 Å². The molecule has 1 aliphatic heterocycles. The van der Waals surface area contributed by atoms with Crippen molar-refractivity contribution in [3.8, 4) is 17.2 Å². The average molecular weight is 340 g/mol. The van der Waals surface area contributed by atoms with Gasteiger partial charge in [-0.05, 0) is 66.0 Å². The van der Waals surface area contributed by atoms with Crippen molar-refractivity contribution >= 4 is 11.3 Å². The van der Waals surface area contributed by atoms with Crippen LogP contribution in [0.3, 0.4) is 0 Å². The van der Waals surface area contributed by atoms with E-state index < -0.39 is 0 Å². The van der Waals surface area contributed by atoms with Crippen LogP contribution in [0.5, 0.6) is 5.75 Å². The number of hydrogen-bond acceptors (Lipinski definition) is 5. The molecule has 0 unspecified atom stereocenters. The van der Waals surface area contributed by atoms with Crippen molar-refractivity contribution in [2.24, 2.45) is 0 Å². The molecule has 0 amide bonds. The molecule has 4 rings (SSSR count). The SMILES string of the molecule is COc1ccc(-c2nc(CN3CCC[C@H]3c3ccsc3)co2)cc1. The van der Waals surface area contributed by atoms with Gasteiger partial charge in [-0.25, -0.2) is 4.98 Å². The molecule has 3 heterocycles. The second-order valence-electron chi connectivity index (χ2n) is 6.06. The van der Waals surface area contributed by atoms with Gasteiger partial charge in [-0.2, -0.15) is 11.3 Å². The van der Waals surface area contributed by atoms with Crippen molar-refractivity contribution in [1.29, 1.82) is 0 Å². The van der Waals surface area contributed by atoms with Crippen molar-refractivity contribution in [3.05, 3.63) is 58.6 Å². The van der Waals surface area contributed by atoms with Crippen LogP contribution in [-0.4, -0.2) is 23.5 Å². The van der Waals surface area contributed by atoms with E-state index in [-0.39, 0.29) is 0 Å². The molecule has 1 aromatic carbocycles. The molecule has 1 saturated heterocycles. The normalized spacial score (nSPS) is 18.1. The van der Waals surface area contributed by atoms with Crippen LogP contribution in [0.25, 0.3) is 11.5 Å². The minimum atomic E-state index is 0.511. The Morgan fingerprint density at radius 2 is 2.17 bits per heavy atom. The van der Waals surface area contributed by atoms with E-state index in [9.17, 15) is 0 Å². The summed E-state index contributed by atoms with van der Waals surface area (Å²) >= 11 is 1.77. The van der Waals surface area contributed by atoms with Crippen LogP contribution in [0, 0.1) is 0 Å². The first-order valence-corrected chi connectivity index (χ1v) is 9.13. The first kappa shape index (κ1) is 15.4. The Kier molecular flexibility index (Phi) is 4.36. The number of oxazole rings is 1. The van der Waals surface area contributed by atoms with Gasteiger partial charge >= 0.3 is 0 Å². The van der Waals surface area contributed by atoms with Crippen LogP contribution in [0.2, 0.25) is 0 Å². The molecule has 1 fully saturated rings. The molecular weight excluding hydrogens is 320 g/mol. The lowest BCUT2D eigenvalue weighted by atomic mass is 10.1. The van der Waals surface area contributed by atoms with Crippen molar-refractivity contribution in [3.63, 3.8) is 0 Å². The summed E-state index contributed by atoms with van der Waals surface area (Å²) in [6, 6.07) is 10.5.